The van der Waals surface area contributed by atoms with Crippen LogP contribution >= 0.6 is 0 Å². The summed E-state index contributed by atoms with van der Waals surface area (Å²) in [6, 6.07) is 13.5. The molecule has 23 heavy (non-hydrogen) atoms. The first-order valence-electron chi connectivity index (χ1n) is 7.09. The van der Waals surface area contributed by atoms with Crippen LogP contribution in [-0.4, -0.2) is 30.0 Å². The lowest BCUT2D eigenvalue weighted by atomic mass is 10.2. The van der Waals surface area contributed by atoms with Crippen molar-refractivity contribution in [1.82, 2.24) is 30.0 Å². The SMILES string of the molecule is c1coc(-c2cc(-c3nnc4c5ccccc5cnn34)n[nH]2)c1. The van der Waals surface area contributed by atoms with Gasteiger partial charge in [-0.15, -0.1) is 10.2 Å². The lowest BCUT2D eigenvalue weighted by molar-refractivity contribution is 0.580. The van der Waals surface area contributed by atoms with Gasteiger partial charge in [0.25, 0.3) is 0 Å². The molecule has 0 radical (unpaired) electrons. The Labute approximate surface area is 129 Å². The van der Waals surface area contributed by atoms with Crippen molar-refractivity contribution in [2.45, 2.75) is 0 Å². The molecular formula is C16H10N6O. The zero-order chi connectivity index (χ0) is 15.2. The smallest absolute Gasteiger partial charge is 0.205 e. The molecule has 0 saturated carbocycles. The monoisotopic (exact) mass is 302 g/mol. The Bertz CT molecular complexity index is 1120. The highest BCUT2D eigenvalue weighted by Gasteiger charge is 2.15. The Hall–Kier alpha value is -3.48. The van der Waals surface area contributed by atoms with Crippen LogP contribution in [0.1, 0.15) is 0 Å². The Kier molecular flexibility index (Phi) is 2.37. The fourth-order valence-electron chi connectivity index (χ4n) is 2.64. The average Bonchev–Trinajstić information content (AvgIpc) is 3.32. The fraction of sp³-hybridized carbons (Fsp3) is 0. The number of aromatic nitrogens is 6. The number of nitrogens with zero attached hydrogens (tertiary/aromatic N) is 5. The third-order valence-electron chi connectivity index (χ3n) is 3.75. The maximum atomic E-state index is 5.37. The maximum Gasteiger partial charge on any atom is 0.205 e. The van der Waals surface area contributed by atoms with Crippen LogP contribution in [-0.2, 0) is 0 Å². The van der Waals surface area contributed by atoms with Gasteiger partial charge < -0.3 is 4.42 Å². The van der Waals surface area contributed by atoms with Crippen LogP contribution < -0.4 is 0 Å². The Balaban J connectivity index is 1.70. The van der Waals surface area contributed by atoms with E-state index in [9.17, 15) is 0 Å². The van der Waals surface area contributed by atoms with Gasteiger partial charge in [-0.2, -0.15) is 14.7 Å². The summed E-state index contributed by atoms with van der Waals surface area (Å²) >= 11 is 0. The van der Waals surface area contributed by atoms with Crippen LogP contribution in [0.3, 0.4) is 0 Å². The van der Waals surface area contributed by atoms with Crippen molar-refractivity contribution in [2.75, 3.05) is 0 Å². The van der Waals surface area contributed by atoms with Crippen LogP contribution in [0.4, 0.5) is 0 Å². The fourth-order valence-corrected chi connectivity index (χ4v) is 2.64. The molecule has 110 valence electrons. The number of H-pyrrole nitrogens is 1. The Morgan fingerprint density at radius 1 is 1.04 bits per heavy atom. The third kappa shape index (κ3) is 1.76. The molecule has 0 amide bonds. The molecule has 4 aromatic heterocycles. The maximum absolute atomic E-state index is 5.37. The number of benzene rings is 1. The zero-order valence-corrected chi connectivity index (χ0v) is 11.8. The molecule has 1 aromatic carbocycles. The van der Waals surface area contributed by atoms with E-state index in [1.54, 1.807) is 17.0 Å². The van der Waals surface area contributed by atoms with E-state index in [0.29, 0.717) is 17.2 Å². The Morgan fingerprint density at radius 2 is 2.00 bits per heavy atom. The van der Waals surface area contributed by atoms with Crippen molar-refractivity contribution in [3.8, 4) is 23.0 Å². The second-order valence-corrected chi connectivity index (χ2v) is 5.13. The second-order valence-electron chi connectivity index (χ2n) is 5.13. The number of furan rings is 1. The second kappa shape index (κ2) is 4.51. The first kappa shape index (κ1) is 12.1. The van der Waals surface area contributed by atoms with E-state index in [4.69, 9.17) is 4.42 Å². The number of aromatic amines is 1. The van der Waals surface area contributed by atoms with Crippen molar-refractivity contribution < 1.29 is 4.42 Å². The molecule has 0 aliphatic heterocycles. The summed E-state index contributed by atoms with van der Waals surface area (Å²) in [6.07, 6.45) is 3.42. The molecule has 0 aliphatic rings. The summed E-state index contributed by atoms with van der Waals surface area (Å²) < 4.78 is 7.06. The first-order valence-corrected chi connectivity index (χ1v) is 7.09. The summed E-state index contributed by atoms with van der Waals surface area (Å²) in [5, 5.41) is 22.2. The Morgan fingerprint density at radius 3 is 2.91 bits per heavy atom. The highest BCUT2D eigenvalue weighted by atomic mass is 16.3. The number of rotatable bonds is 2. The van der Waals surface area contributed by atoms with Gasteiger partial charge >= 0.3 is 0 Å². The van der Waals surface area contributed by atoms with Crippen LogP contribution in [0.2, 0.25) is 0 Å². The molecule has 4 heterocycles. The molecule has 0 unspecified atom stereocenters. The lowest BCUT2D eigenvalue weighted by Gasteiger charge is -1.99. The van der Waals surface area contributed by atoms with E-state index >= 15 is 0 Å². The van der Waals surface area contributed by atoms with Crippen LogP contribution in [0.25, 0.3) is 39.4 Å². The quantitative estimate of drug-likeness (QED) is 0.542. The molecule has 0 atom stereocenters. The molecule has 5 aromatic rings. The van der Waals surface area contributed by atoms with E-state index in [0.717, 1.165) is 22.2 Å². The normalized spacial score (nSPS) is 11.5. The number of nitrogens with one attached hydrogen (secondary N) is 1. The van der Waals surface area contributed by atoms with Crippen molar-refractivity contribution in [3.05, 3.63) is 54.9 Å². The van der Waals surface area contributed by atoms with Gasteiger partial charge in [-0.1, -0.05) is 24.3 Å². The van der Waals surface area contributed by atoms with Gasteiger partial charge in [-0.3, -0.25) is 5.10 Å². The molecule has 0 bridgehead atoms. The highest BCUT2D eigenvalue weighted by Crippen LogP contribution is 2.25. The number of hydrogen-bond donors (Lipinski definition) is 1. The molecule has 0 saturated heterocycles. The number of hydrogen-bond acceptors (Lipinski definition) is 5. The molecule has 0 spiro atoms. The predicted octanol–water partition coefficient (Wildman–Crippen LogP) is 2.93. The number of fused-ring (bicyclic) bond motifs is 3. The van der Waals surface area contributed by atoms with Gasteiger partial charge in [-0.05, 0) is 18.2 Å². The van der Waals surface area contributed by atoms with Gasteiger partial charge in [0, 0.05) is 10.8 Å². The molecule has 7 nitrogen and oxygen atoms in total. The van der Waals surface area contributed by atoms with Crippen LogP contribution in [0.15, 0.2) is 59.3 Å². The van der Waals surface area contributed by atoms with Gasteiger partial charge in [0.1, 0.15) is 11.4 Å². The predicted molar refractivity (Wildman–Crippen MR) is 83.6 cm³/mol. The van der Waals surface area contributed by atoms with E-state index in [1.165, 1.54) is 0 Å². The van der Waals surface area contributed by atoms with Crippen molar-refractivity contribution in [2.24, 2.45) is 0 Å². The molecular weight excluding hydrogens is 292 g/mol. The molecule has 1 N–H and O–H groups in total. The van der Waals surface area contributed by atoms with Gasteiger partial charge in [0.15, 0.2) is 11.4 Å². The first-order chi connectivity index (χ1) is 11.4. The standard InChI is InChI=1S/C16H10N6O/c1-2-5-11-10(4-1)9-17-22-15(11)20-21-16(22)13-8-12(18-19-13)14-6-3-7-23-14/h1-9H,(H,18,19). The zero-order valence-electron chi connectivity index (χ0n) is 11.8. The van der Waals surface area contributed by atoms with Gasteiger partial charge in [0.05, 0.1) is 12.5 Å². The van der Waals surface area contributed by atoms with E-state index in [-0.39, 0.29) is 0 Å². The average molecular weight is 302 g/mol. The minimum atomic E-state index is 0.583. The summed E-state index contributed by atoms with van der Waals surface area (Å²) in [5.74, 6) is 1.30. The topological polar surface area (TPSA) is 84.9 Å². The van der Waals surface area contributed by atoms with Gasteiger partial charge in [-0.25, -0.2) is 0 Å². The summed E-state index contributed by atoms with van der Waals surface area (Å²) in [5.41, 5.74) is 2.15. The molecule has 0 aliphatic carbocycles. The third-order valence-corrected chi connectivity index (χ3v) is 3.75. The van der Waals surface area contributed by atoms with E-state index in [1.807, 2.05) is 42.5 Å². The summed E-state index contributed by atoms with van der Waals surface area (Å²) in [7, 11) is 0. The minimum absolute atomic E-state index is 0.583. The molecule has 0 fully saturated rings. The van der Waals surface area contributed by atoms with Gasteiger partial charge in [0.2, 0.25) is 5.82 Å². The summed E-state index contributed by atoms with van der Waals surface area (Å²) in [6.45, 7) is 0. The van der Waals surface area contributed by atoms with Crippen LogP contribution in [0, 0.1) is 0 Å². The largest absolute Gasteiger partial charge is 0.463 e. The van der Waals surface area contributed by atoms with Crippen molar-refractivity contribution in [1.29, 1.82) is 0 Å². The molecule has 7 heteroatoms. The lowest BCUT2D eigenvalue weighted by Crippen LogP contribution is -1.95. The highest BCUT2D eigenvalue weighted by molar-refractivity contribution is 5.93. The van der Waals surface area contributed by atoms with Crippen molar-refractivity contribution in [3.63, 3.8) is 0 Å². The molecule has 5 rings (SSSR count). The van der Waals surface area contributed by atoms with Crippen LogP contribution in [0.5, 0.6) is 0 Å². The minimum Gasteiger partial charge on any atom is -0.463 e. The van der Waals surface area contributed by atoms with Crippen molar-refractivity contribution >= 4 is 16.4 Å². The van der Waals surface area contributed by atoms with E-state index < -0.39 is 0 Å². The summed E-state index contributed by atoms with van der Waals surface area (Å²) in [4.78, 5) is 0. The van der Waals surface area contributed by atoms with E-state index in [2.05, 4.69) is 25.5 Å².